The third-order valence-electron chi connectivity index (χ3n) is 5.43. The SMILES string of the molecule is CCSC1=C(C(=O)O)C(C)=CC(N2CCOCC2)N1CC1CCCC1. The van der Waals surface area contributed by atoms with E-state index in [1.165, 1.54) is 25.7 Å². The largest absolute Gasteiger partial charge is 0.478 e. The average molecular weight is 367 g/mol. The number of carbonyl (C=O) groups is 1. The fourth-order valence-corrected chi connectivity index (χ4v) is 5.20. The minimum Gasteiger partial charge on any atom is -0.478 e. The van der Waals surface area contributed by atoms with Gasteiger partial charge in [-0.25, -0.2) is 4.79 Å². The molecule has 0 aromatic rings. The van der Waals surface area contributed by atoms with E-state index in [1.54, 1.807) is 11.8 Å². The minimum absolute atomic E-state index is 0.154. The molecular formula is C19H30N2O3S. The summed E-state index contributed by atoms with van der Waals surface area (Å²) in [6, 6.07) is 0. The number of rotatable bonds is 6. The summed E-state index contributed by atoms with van der Waals surface area (Å²) in [4.78, 5) is 16.8. The number of aliphatic carboxylic acids is 1. The molecule has 140 valence electrons. The molecule has 0 radical (unpaired) electrons. The van der Waals surface area contributed by atoms with E-state index in [9.17, 15) is 9.90 Å². The molecule has 0 spiro atoms. The Labute approximate surface area is 155 Å². The van der Waals surface area contributed by atoms with Crippen molar-refractivity contribution in [2.45, 2.75) is 45.7 Å². The van der Waals surface area contributed by atoms with E-state index in [-0.39, 0.29) is 6.17 Å². The van der Waals surface area contributed by atoms with Gasteiger partial charge in [-0.2, -0.15) is 0 Å². The third kappa shape index (κ3) is 4.23. The Morgan fingerprint density at radius 2 is 2.00 bits per heavy atom. The van der Waals surface area contributed by atoms with E-state index < -0.39 is 5.97 Å². The Morgan fingerprint density at radius 3 is 2.60 bits per heavy atom. The summed E-state index contributed by atoms with van der Waals surface area (Å²) in [5, 5.41) is 10.8. The zero-order valence-corrected chi connectivity index (χ0v) is 16.2. The van der Waals surface area contributed by atoms with Crippen LogP contribution in [0.2, 0.25) is 0 Å². The van der Waals surface area contributed by atoms with E-state index in [2.05, 4.69) is 22.8 Å². The summed E-state index contributed by atoms with van der Waals surface area (Å²) >= 11 is 1.68. The predicted molar refractivity (Wildman–Crippen MR) is 101 cm³/mol. The summed E-state index contributed by atoms with van der Waals surface area (Å²) < 4.78 is 5.53. The lowest BCUT2D eigenvalue weighted by Crippen LogP contribution is -2.53. The Morgan fingerprint density at radius 1 is 1.32 bits per heavy atom. The number of hydrogen-bond donors (Lipinski definition) is 1. The minimum atomic E-state index is -0.804. The molecule has 3 rings (SSSR count). The number of carboxylic acid groups (broad SMARTS) is 1. The Balaban J connectivity index is 1.93. The molecule has 25 heavy (non-hydrogen) atoms. The number of thioether (sulfide) groups is 1. The molecule has 0 aromatic heterocycles. The normalized spacial score (nSPS) is 26.2. The van der Waals surface area contributed by atoms with Crippen molar-refractivity contribution in [1.82, 2.24) is 9.80 Å². The van der Waals surface area contributed by atoms with E-state index in [1.807, 2.05) is 6.92 Å². The first kappa shape index (κ1) is 18.8. The van der Waals surface area contributed by atoms with Gasteiger partial charge in [-0.15, -0.1) is 11.8 Å². The van der Waals surface area contributed by atoms with Gasteiger partial charge in [0.15, 0.2) is 0 Å². The van der Waals surface area contributed by atoms with Gasteiger partial charge in [-0.3, -0.25) is 4.90 Å². The molecule has 1 saturated heterocycles. The predicted octanol–water partition coefficient (Wildman–Crippen LogP) is 3.15. The lowest BCUT2D eigenvalue weighted by molar-refractivity contribution is -0.132. The second-order valence-corrected chi connectivity index (χ2v) is 8.39. The first-order chi connectivity index (χ1) is 12.1. The third-order valence-corrected chi connectivity index (χ3v) is 6.43. The van der Waals surface area contributed by atoms with Crippen molar-refractivity contribution in [3.63, 3.8) is 0 Å². The van der Waals surface area contributed by atoms with Gasteiger partial charge < -0.3 is 14.7 Å². The van der Waals surface area contributed by atoms with Gasteiger partial charge in [-0.1, -0.05) is 19.8 Å². The van der Waals surface area contributed by atoms with Crippen molar-refractivity contribution in [3.8, 4) is 0 Å². The highest BCUT2D eigenvalue weighted by molar-refractivity contribution is 8.03. The Hall–Kier alpha value is -0.980. The van der Waals surface area contributed by atoms with Crippen LogP contribution in [0.3, 0.4) is 0 Å². The molecule has 3 aliphatic rings. The second kappa shape index (κ2) is 8.60. The van der Waals surface area contributed by atoms with Crippen molar-refractivity contribution < 1.29 is 14.6 Å². The molecule has 6 heteroatoms. The van der Waals surface area contributed by atoms with Crippen LogP contribution in [-0.2, 0) is 9.53 Å². The molecule has 1 N–H and O–H groups in total. The van der Waals surface area contributed by atoms with E-state index in [0.29, 0.717) is 11.5 Å². The second-order valence-electron chi connectivity index (χ2n) is 7.13. The van der Waals surface area contributed by atoms with Crippen LogP contribution in [0.1, 0.15) is 39.5 Å². The fourth-order valence-electron chi connectivity index (χ4n) is 4.19. The van der Waals surface area contributed by atoms with Crippen LogP contribution in [0.4, 0.5) is 0 Å². The molecular weight excluding hydrogens is 336 g/mol. The maximum absolute atomic E-state index is 11.9. The molecule has 0 aromatic carbocycles. The summed E-state index contributed by atoms with van der Waals surface area (Å²) in [7, 11) is 0. The maximum atomic E-state index is 11.9. The number of nitrogens with zero attached hydrogens (tertiary/aromatic N) is 2. The Bertz CT molecular complexity index is 549. The number of carboxylic acids is 1. The lowest BCUT2D eigenvalue weighted by atomic mass is 10.0. The number of hydrogen-bond acceptors (Lipinski definition) is 5. The van der Waals surface area contributed by atoms with Gasteiger partial charge in [0.1, 0.15) is 6.17 Å². The molecule has 2 aliphatic heterocycles. The van der Waals surface area contributed by atoms with Crippen LogP contribution < -0.4 is 0 Å². The zero-order valence-electron chi connectivity index (χ0n) is 15.4. The van der Waals surface area contributed by atoms with Crippen LogP contribution in [-0.4, -0.2) is 65.6 Å². The number of ether oxygens (including phenoxy) is 1. The Kier molecular flexibility index (Phi) is 6.47. The van der Waals surface area contributed by atoms with Gasteiger partial charge in [-0.05, 0) is 43.1 Å². The van der Waals surface area contributed by atoms with Crippen molar-refractivity contribution in [1.29, 1.82) is 0 Å². The first-order valence-corrected chi connectivity index (χ1v) is 10.5. The molecule has 0 bridgehead atoms. The van der Waals surface area contributed by atoms with Crippen LogP contribution in [0.15, 0.2) is 22.3 Å². The van der Waals surface area contributed by atoms with Crippen LogP contribution >= 0.6 is 11.8 Å². The molecule has 2 heterocycles. The summed E-state index contributed by atoms with van der Waals surface area (Å²) in [5.41, 5.74) is 1.39. The quantitative estimate of drug-likeness (QED) is 0.779. The fraction of sp³-hybridized carbons (Fsp3) is 0.737. The van der Waals surface area contributed by atoms with Crippen LogP contribution in [0.25, 0.3) is 0 Å². The highest BCUT2D eigenvalue weighted by atomic mass is 32.2. The molecule has 1 atom stereocenters. The monoisotopic (exact) mass is 366 g/mol. The van der Waals surface area contributed by atoms with Gasteiger partial charge in [0.05, 0.1) is 23.8 Å². The van der Waals surface area contributed by atoms with Gasteiger partial charge in [0.25, 0.3) is 0 Å². The molecule has 1 unspecified atom stereocenters. The van der Waals surface area contributed by atoms with Crippen molar-refractivity contribution in [2.24, 2.45) is 5.92 Å². The van der Waals surface area contributed by atoms with Gasteiger partial charge in [0, 0.05) is 19.6 Å². The van der Waals surface area contributed by atoms with Crippen LogP contribution in [0, 0.1) is 5.92 Å². The van der Waals surface area contributed by atoms with E-state index >= 15 is 0 Å². The zero-order chi connectivity index (χ0) is 17.8. The molecule has 5 nitrogen and oxygen atoms in total. The molecule has 0 amide bonds. The smallest absolute Gasteiger partial charge is 0.338 e. The lowest BCUT2D eigenvalue weighted by Gasteiger charge is -2.45. The summed E-state index contributed by atoms with van der Waals surface area (Å²) in [6.45, 7) is 8.33. The topological polar surface area (TPSA) is 53.0 Å². The molecule has 1 saturated carbocycles. The van der Waals surface area contributed by atoms with E-state index in [4.69, 9.17) is 4.74 Å². The van der Waals surface area contributed by atoms with Crippen molar-refractivity contribution >= 4 is 17.7 Å². The van der Waals surface area contributed by atoms with Gasteiger partial charge in [0.2, 0.25) is 0 Å². The van der Waals surface area contributed by atoms with Gasteiger partial charge >= 0.3 is 5.97 Å². The van der Waals surface area contributed by atoms with Crippen molar-refractivity contribution in [3.05, 3.63) is 22.3 Å². The summed E-state index contributed by atoms with van der Waals surface area (Å²) in [5.74, 6) is 0.760. The maximum Gasteiger partial charge on any atom is 0.338 e. The highest BCUT2D eigenvalue weighted by Crippen LogP contribution is 2.38. The first-order valence-electron chi connectivity index (χ1n) is 9.49. The van der Waals surface area contributed by atoms with Crippen molar-refractivity contribution in [2.75, 3.05) is 38.6 Å². The summed E-state index contributed by atoms with van der Waals surface area (Å²) in [6.07, 6.45) is 7.46. The highest BCUT2D eigenvalue weighted by Gasteiger charge is 2.36. The average Bonchev–Trinajstić information content (AvgIpc) is 3.11. The number of morpholine rings is 1. The molecule has 1 aliphatic carbocycles. The van der Waals surface area contributed by atoms with E-state index in [0.717, 1.165) is 49.2 Å². The van der Waals surface area contributed by atoms with Crippen LogP contribution in [0.5, 0.6) is 0 Å². The molecule has 2 fully saturated rings. The standard InChI is InChI=1S/C19H30N2O3S/c1-3-25-18-17(19(22)23)14(2)12-16(20-8-10-24-11-9-20)21(18)13-15-6-4-5-7-15/h12,15-16H,3-11,13H2,1-2H3,(H,22,23).